The molecule has 0 saturated carbocycles. The SMILES string of the molecule is CCC(O)c1cc2cc(Br)c(F)cc2o1. The van der Waals surface area contributed by atoms with Crippen molar-refractivity contribution in [2.24, 2.45) is 0 Å². The first-order valence-electron chi connectivity index (χ1n) is 4.68. The molecule has 4 heteroatoms. The first kappa shape index (κ1) is 10.6. The van der Waals surface area contributed by atoms with E-state index in [4.69, 9.17) is 4.42 Å². The summed E-state index contributed by atoms with van der Waals surface area (Å²) in [6.45, 7) is 1.86. The highest BCUT2D eigenvalue weighted by atomic mass is 79.9. The molecule has 1 heterocycles. The van der Waals surface area contributed by atoms with E-state index in [2.05, 4.69) is 15.9 Å². The van der Waals surface area contributed by atoms with Crippen LogP contribution in [0.25, 0.3) is 11.0 Å². The van der Waals surface area contributed by atoms with Crippen LogP contribution in [-0.2, 0) is 0 Å². The maximum Gasteiger partial charge on any atom is 0.141 e. The number of rotatable bonds is 2. The van der Waals surface area contributed by atoms with Crippen molar-refractivity contribution >= 4 is 26.9 Å². The summed E-state index contributed by atoms with van der Waals surface area (Å²) in [4.78, 5) is 0. The fourth-order valence-electron chi connectivity index (χ4n) is 1.42. The lowest BCUT2D eigenvalue weighted by molar-refractivity contribution is 0.148. The normalized spacial score (nSPS) is 13.3. The molecule has 0 aliphatic rings. The second kappa shape index (κ2) is 3.94. The van der Waals surface area contributed by atoms with E-state index in [0.29, 0.717) is 22.2 Å². The van der Waals surface area contributed by atoms with E-state index >= 15 is 0 Å². The molecule has 15 heavy (non-hydrogen) atoms. The number of furan rings is 1. The highest BCUT2D eigenvalue weighted by molar-refractivity contribution is 9.10. The van der Waals surface area contributed by atoms with Crippen molar-refractivity contribution in [1.82, 2.24) is 0 Å². The van der Waals surface area contributed by atoms with Crippen LogP contribution in [-0.4, -0.2) is 5.11 Å². The minimum atomic E-state index is -0.626. The molecule has 0 radical (unpaired) electrons. The van der Waals surface area contributed by atoms with Crippen LogP contribution in [0, 0.1) is 5.82 Å². The first-order chi connectivity index (χ1) is 7.11. The zero-order valence-corrected chi connectivity index (χ0v) is 9.71. The molecule has 0 amide bonds. The van der Waals surface area contributed by atoms with Crippen molar-refractivity contribution < 1.29 is 13.9 Å². The molecule has 0 spiro atoms. The van der Waals surface area contributed by atoms with Gasteiger partial charge in [0, 0.05) is 11.5 Å². The molecule has 0 aliphatic heterocycles. The number of halogens is 2. The van der Waals surface area contributed by atoms with E-state index in [0.717, 1.165) is 5.39 Å². The Labute approximate surface area is 94.8 Å². The van der Waals surface area contributed by atoms with Gasteiger partial charge >= 0.3 is 0 Å². The van der Waals surface area contributed by atoms with Gasteiger partial charge in [-0.1, -0.05) is 6.92 Å². The smallest absolute Gasteiger partial charge is 0.141 e. The standard InChI is InChI=1S/C11H10BrFO2/c1-2-9(14)11-4-6-3-7(12)8(13)5-10(6)15-11/h3-5,9,14H,2H2,1H3. The zero-order chi connectivity index (χ0) is 11.0. The summed E-state index contributed by atoms with van der Waals surface area (Å²) in [6.07, 6.45) is -0.0528. The van der Waals surface area contributed by atoms with Gasteiger partial charge in [-0.2, -0.15) is 0 Å². The molecule has 2 rings (SSSR count). The minimum Gasteiger partial charge on any atom is -0.458 e. The molecular formula is C11H10BrFO2. The number of fused-ring (bicyclic) bond motifs is 1. The molecule has 1 unspecified atom stereocenters. The van der Waals surface area contributed by atoms with E-state index in [1.54, 1.807) is 12.1 Å². The van der Waals surface area contributed by atoms with Gasteiger partial charge in [0.25, 0.3) is 0 Å². The highest BCUT2D eigenvalue weighted by Crippen LogP contribution is 2.29. The predicted molar refractivity (Wildman–Crippen MR) is 59.1 cm³/mol. The molecule has 2 nitrogen and oxygen atoms in total. The van der Waals surface area contributed by atoms with E-state index in [1.807, 2.05) is 6.92 Å². The van der Waals surface area contributed by atoms with Crippen molar-refractivity contribution in [1.29, 1.82) is 0 Å². The van der Waals surface area contributed by atoms with E-state index < -0.39 is 6.10 Å². The minimum absolute atomic E-state index is 0.366. The molecule has 80 valence electrons. The van der Waals surface area contributed by atoms with E-state index in [-0.39, 0.29) is 5.82 Å². The Hall–Kier alpha value is -0.870. The van der Waals surface area contributed by atoms with Crippen LogP contribution in [0.15, 0.2) is 27.1 Å². The molecule has 1 N–H and O–H groups in total. The third kappa shape index (κ3) is 1.92. The Bertz CT molecular complexity index is 454. The largest absolute Gasteiger partial charge is 0.458 e. The van der Waals surface area contributed by atoms with Crippen LogP contribution in [0.2, 0.25) is 0 Å². The summed E-state index contributed by atoms with van der Waals surface area (Å²) in [7, 11) is 0. The fraction of sp³-hybridized carbons (Fsp3) is 0.273. The monoisotopic (exact) mass is 272 g/mol. The average Bonchev–Trinajstić information content (AvgIpc) is 2.60. The molecule has 0 saturated heterocycles. The number of aliphatic hydroxyl groups is 1. The Morgan fingerprint density at radius 2 is 2.20 bits per heavy atom. The molecule has 0 bridgehead atoms. The molecule has 0 aliphatic carbocycles. The van der Waals surface area contributed by atoms with Crippen LogP contribution in [0.1, 0.15) is 25.2 Å². The molecule has 0 fully saturated rings. The Kier molecular flexibility index (Phi) is 2.80. The maximum absolute atomic E-state index is 13.2. The molecule has 1 atom stereocenters. The van der Waals surface area contributed by atoms with Crippen LogP contribution < -0.4 is 0 Å². The Morgan fingerprint density at radius 3 is 2.87 bits per heavy atom. The number of aliphatic hydroxyl groups excluding tert-OH is 1. The van der Waals surface area contributed by atoms with Crippen molar-refractivity contribution in [3.63, 3.8) is 0 Å². The lowest BCUT2D eigenvalue weighted by atomic mass is 10.2. The van der Waals surface area contributed by atoms with Gasteiger partial charge in [0.15, 0.2) is 0 Å². The van der Waals surface area contributed by atoms with Gasteiger partial charge in [0.2, 0.25) is 0 Å². The summed E-state index contributed by atoms with van der Waals surface area (Å²) in [5, 5.41) is 10.4. The van der Waals surface area contributed by atoms with Gasteiger partial charge in [-0.05, 0) is 34.5 Å². The number of hydrogen-bond donors (Lipinski definition) is 1. The van der Waals surface area contributed by atoms with E-state index in [1.165, 1.54) is 6.07 Å². The number of benzene rings is 1. The summed E-state index contributed by atoms with van der Waals surface area (Å²) < 4.78 is 18.9. The fourth-order valence-corrected chi connectivity index (χ4v) is 1.78. The maximum atomic E-state index is 13.2. The van der Waals surface area contributed by atoms with Gasteiger partial charge in [-0.25, -0.2) is 4.39 Å². The van der Waals surface area contributed by atoms with Crippen molar-refractivity contribution in [3.8, 4) is 0 Å². The van der Waals surface area contributed by atoms with Gasteiger partial charge in [-0.15, -0.1) is 0 Å². The zero-order valence-electron chi connectivity index (χ0n) is 8.13. The quantitative estimate of drug-likeness (QED) is 0.903. The highest BCUT2D eigenvalue weighted by Gasteiger charge is 2.12. The van der Waals surface area contributed by atoms with E-state index in [9.17, 15) is 9.50 Å². The summed E-state index contributed by atoms with van der Waals surface area (Å²) in [6, 6.07) is 4.68. The molecular weight excluding hydrogens is 263 g/mol. The van der Waals surface area contributed by atoms with Crippen LogP contribution in [0.5, 0.6) is 0 Å². The summed E-state index contributed by atoms with van der Waals surface area (Å²) in [5.74, 6) is 0.111. The van der Waals surface area contributed by atoms with Crippen molar-refractivity contribution in [2.45, 2.75) is 19.4 Å². The Morgan fingerprint density at radius 1 is 1.47 bits per heavy atom. The van der Waals surface area contributed by atoms with Gasteiger partial charge < -0.3 is 9.52 Å². The topological polar surface area (TPSA) is 33.4 Å². The second-order valence-corrected chi connectivity index (χ2v) is 4.23. The third-order valence-electron chi connectivity index (χ3n) is 2.29. The second-order valence-electron chi connectivity index (χ2n) is 3.38. The van der Waals surface area contributed by atoms with Crippen LogP contribution in [0.3, 0.4) is 0 Å². The van der Waals surface area contributed by atoms with Gasteiger partial charge in [-0.3, -0.25) is 0 Å². The van der Waals surface area contributed by atoms with Gasteiger partial charge in [0.05, 0.1) is 4.47 Å². The van der Waals surface area contributed by atoms with Crippen LogP contribution in [0.4, 0.5) is 4.39 Å². The third-order valence-corrected chi connectivity index (χ3v) is 2.90. The lowest BCUT2D eigenvalue weighted by Gasteiger charge is -2.00. The molecule has 1 aromatic heterocycles. The van der Waals surface area contributed by atoms with Crippen molar-refractivity contribution in [3.05, 3.63) is 34.2 Å². The lowest BCUT2D eigenvalue weighted by Crippen LogP contribution is -1.90. The molecule has 2 aromatic rings. The number of hydrogen-bond acceptors (Lipinski definition) is 2. The summed E-state index contributed by atoms with van der Waals surface area (Å²) in [5.41, 5.74) is 0.457. The summed E-state index contributed by atoms with van der Waals surface area (Å²) >= 11 is 3.10. The van der Waals surface area contributed by atoms with Crippen molar-refractivity contribution in [2.75, 3.05) is 0 Å². The van der Waals surface area contributed by atoms with Gasteiger partial charge in [0.1, 0.15) is 23.3 Å². The first-order valence-corrected chi connectivity index (χ1v) is 5.47. The van der Waals surface area contributed by atoms with Crippen LogP contribution >= 0.6 is 15.9 Å². The predicted octanol–water partition coefficient (Wildman–Crippen LogP) is 3.78. The Balaban J connectivity index is 2.56. The molecule has 1 aromatic carbocycles. The average molecular weight is 273 g/mol.